The molecule has 3 rings (SSSR count). The number of benzene rings is 2. The molecule has 0 spiro atoms. The Balaban J connectivity index is 0.00000127. The Labute approximate surface area is 229 Å². The molecule has 1 aliphatic rings. The molecule has 205 valence electrons. The second kappa shape index (κ2) is 13.6. The van der Waals surface area contributed by atoms with Gasteiger partial charge in [-0.1, -0.05) is 66.5 Å². The van der Waals surface area contributed by atoms with Crippen molar-refractivity contribution in [2.24, 2.45) is 9.98 Å². The smallest absolute Gasteiger partial charge is 0.291 e. The summed E-state index contributed by atoms with van der Waals surface area (Å²) in [6.45, 7) is 13.0. The summed E-state index contributed by atoms with van der Waals surface area (Å²) in [7, 11) is 0. The van der Waals surface area contributed by atoms with E-state index in [1.54, 1.807) is 24.6 Å². The molecule has 0 amide bonds. The SMILES string of the molecule is CC(C)(C)c1ccc(O)c(C=N[C@@H]2CCCC[C@H]2N=Cc2cc(C(C)(C)C)ccc2O)c1.O=[N+]([O-])O.[Co]. The van der Waals surface area contributed by atoms with E-state index < -0.39 is 5.09 Å². The standard InChI is InChI=1S/C28H38N2O2.Co.HNO3/c1-27(2,3)21-11-13-25(31)19(15-21)17-29-23-9-7-8-10-24(23)30-18-20-16-22(28(4,5)6)12-14-26(20)32;;2-1(3)4/h11-18,23-24,31-32H,7-10H2,1-6H3;;(H,2,3,4)/t23-,24-;;/m1../s1. The van der Waals surface area contributed by atoms with Gasteiger partial charge in [0.2, 0.25) is 0 Å². The summed E-state index contributed by atoms with van der Waals surface area (Å²) in [5.74, 6) is 0.503. The summed E-state index contributed by atoms with van der Waals surface area (Å²) >= 11 is 0. The van der Waals surface area contributed by atoms with E-state index in [0.717, 1.165) is 36.8 Å². The van der Waals surface area contributed by atoms with Crippen LogP contribution < -0.4 is 0 Å². The quantitative estimate of drug-likeness (QED) is 0.235. The van der Waals surface area contributed by atoms with Gasteiger partial charge in [0, 0.05) is 40.3 Å². The van der Waals surface area contributed by atoms with Crippen molar-refractivity contribution >= 4 is 12.4 Å². The Hall–Kier alpha value is -2.91. The molecule has 2 atom stereocenters. The minimum Gasteiger partial charge on any atom is -0.507 e. The fraction of sp³-hybridized carbons (Fsp3) is 0.500. The third-order valence-electron chi connectivity index (χ3n) is 6.29. The average Bonchev–Trinajstić information content (AvgIpc) is 2.76. The molecule has 3 N–H and O–H groups in total. The van der Waals surface area contributed by atoms with Crippen LogP contribution in [0, 0.1) is 10.1 Å². The fourth-order valence-electron chi connectivity index (χ4n) is 4.04. The van der Waals surface area contributed by atoms with Crippen LogP contribution in [0.4, 0.5) is 0 Å². The number of phenolic OH excluding ortho intramolecular Hbond substituents is 2. The van der Waals surface area contributed by atoms with Crippen molar-refractivity contribution in [3.63, 3.8) is 0 Å². The zero-order chi connectivity index (χ0) is 27.1. The number of aliphatic imine (C=N–C) groups is 2. The van der Waals surface area contributed by atoms with Crippen molar-refractivity contribution < 1.29 is 37.3 Å². The van der Waals surface area contributed by atoms with Crippen molar-refractivity contribution in [3.8, 4) is 11.5 Å². The van der Waals surface area contributed by atoms with Crippen LogP contribution in [0.3, 0.4) is 0 Å². The van der Waals surface area contributed by atoms with Crippen LogP contribution in [0.5, 0.6) is 11.5 Å². The molecule has 2 aromatic carbocycles. The van der Waals surface area contributed by atoms with Crippen molar-refractivity contribution in [2.45, 2.75) is 90.1 Å². The Morgan fingerprint density at radius 1 is 0.811 bits per heavy atom. The topological polar surface area (TPSA) is 129 Å². The number of phenols is 2. The van der Waals surface area contributed by atoms with Gasteiger partial charge in [0.05, 0.1) is 12.1 Å². The van der Waals surface area contributed by atoms with Gasteiger partial charge < -0.3 is 15.4 Å². The molecule has 8 nitrogen and oxygen atoms in total. The van der Waals surface area contributed by atoms with E-state index in [-0.39, 0.29) is 51.2 Å². The monoisotopic (exact) mass is 556 g/mol. The molecular weight excluding hydrogens is 517 g/mol. The Kier molecular flexibility index (Phi) is 11.8. The number of nitrogens with zero attached hydrogens (tertiary/aromatic N) is 3. The van der Waals surface area contributed by atoms with Gasteiger partial charge in [-0.15, -0.1) is 10.1 Å². The molecule has 0 heterocycles. The van der Waals surface area contributed by atoms with Crippen LogP contribution in [-0.2, 0) is 27.6 Å². The molecule has 1 fully saturated rings. The van der Waals surface area contributed by atoms with Crippen LogP contribution in [0.2, 0.25) is 0 Å². The molecule has 1 saturated carbocycles. The first-order valence-corrected chi connectivity index (χ1v) is 12.2. The summed E-state index contributed by atoms with van der Waals surface area (Å²) in [4.78, 5) is 18.1. The van der Waals surface area contributed by atoms with E-state index in [9.17, 15) is 10.2 Å². The molecule has 9 heteroatoms. The number of aromatic hydroxyl groups is 2. The Morgan fingerprint density at radius 2 is 1.14 bits per heavy atom. The van der Waals surface area contributed by atoms with Gasteiger partial charge in [-0.05, 0) is 59.1 Å². The summed E-state index contributed by atoms with van der Waals surface area (Å²) < 4.78 is 0. The number of rotatable bonds is 4. The zero-order valence-electron chi connectivity index (χ0n) is 22.4. The van der Waals surface area contributed by atoms with Crippen molar-refractivity contribution in [2.75, 3.05) is 0 Å². The Bertz CT molecular complexity index is 1020. The van der Waals surface area contributed by atoms with Crippen molar-refractivity contribution in [1.82, 2.24) is 0 Å². The minimum absolute atomic E-state index is 0. The molecule has 0 saturated heterocycles. The van der Waals surface area contributed by atoms with Crippen LogP contribution in [0.25, 0.3) is 0 Å². The predicted octanol–water partition coefficient (Wildman–Crippen LogP) is 6.19. The van der Waals surface area contributed by atoms with E-state index >= 15 is 0 Å². The minimum atomic E-state index is -1.50. The summed E-state index contributed by atoms with van der Waals surface area (Å²) in [5, 5.41) is 34.3. The molecular formula is C28H39CoN3O5. The van der Waals surface area contributed by atoms with Gasteiger partial charge in [0.25, 0.3) is 5.09 Å². The van der Waals surface area contributed by atoms with Crippen molar-refractivity contribution in [3.05, 3.63) is 68.8 Å². The van der Waals surface area contributed by atoms with E-state index in [1.165, 1.54) is 11.1 Å². The number of hydrogen-bond donors (Lipinski definition) is 3. The maximum Gasteiger partial charge on any atom is 0.291 e. The molecule has 1 aliphatic carbocycles. The van der Waals surface area contributed by atoms with Crippen LogP contribution in [0.15, 0.2) is 46.4 Å². The third kappa shape index (κ3) is 10.2. The molecule has 0 aliphatic heterocycles. The largest absolute Gasteiger partial charge is 0.507 e. The summed E-state index contributed by atoms with van der Waals surface area (Å²) in [6, 6.07) is 11.6. The third-order valence-corrected chi connectivity index (χ3v) is 6.29. The molecule has 37 heavy (non-hydrogen) atoms. The van der Waals surface area contributed by atoms with Crippen molar-refractivity contribution in [1.29, 1.82) is 0 Å². The number of hydrogen-bond acceptors (Lipinski definition) is 6. The normalized spacial score (nSPS) is 18.2. The molecule has 0 unspecified atom stereocenters. The second-order valence-electron chi connectivity index (χ2n) is 11.3. The summed E-state index contributed by atoms with van der Waals surface area (Å²) in [5.41, 5.74) is 3.87. The second-order valence-corrected chi connectivity index (χ2v) is 11.3. The van der Waals surface area contributed by atoms with Crippen LogP contribution in [0.1, 0.15) is 89.5 Å². The maximum atomic E-state index is 10.3. The van der Waals surface area contributed by atoms with Gasteiger partial charge in [-0.2, -0.15) is 0 Å². The van der Waals surface area contributed by atoms with Crippen LogP contribution in [-0.4, -0.2) is 45.0 Å². The zero-order valence-corrected chi connectivity index (χ0v) is 23.5. The maximum absolute atomic E-state index is 10.3. The van der Waals surface area contributed by atoms with Crippen LogP contribution >= 0.6 is 0 Å². The van der Waals surface area contributed by atoms with Gasteiger partial charge in [0.1, 0.15) is 11.5 Å². The van der Waals surface area contributed by atoms with E-state index in [1.807, 2.05) is 24.3 Å². The average molecular weight is 557 g/mol. The van der Waals surface area contributed by atoms with Gasteiger partial charge in [-0.25, -0.2) is 0 Å². The molecule has 2 aromatic rings. The van der Waals surface area contributed by atoms with Gasteiger partial charge in [0.15, 0.2) is 0 Å². The van der Waals surface area contributed by atoms with Gasteiger partial charge >= 0.3 is 0 Å². The first kappa shape index (κ1) is 32.1. The predicted molar refractivity (Wildman–Crippen MR) is 144 cm³/mol. The first-order chi connectivity index (χ1) is 16.7. The summed E-state index contributed by atoms with van der Waals surface area (Å²) in [6.07, 6.45) is 7.83. The Morgan fingerprint density at radius 3 is 1.43 bits per heavy atom. The molecule has 0 aromatic heterocycles. The van der Waals surface area contributed by atoms with Gasteiger partial charge in [-0.3, -0.25) is 9.98 Å². The van der Waals surface area contributed by atoms with E-state index in [2.05, 4.69) is 41.5 Å². The van der Waals surface area contributed by atoms with E-state index in [4.69, 9.17) is 25.3 Å². The molecule has 0 bridgehead atoms. The van der Waals surface area contributed by atoms with E-state index in [0.29, 0.717) is 0 Å². The first-order valence-electron chi connectivity index (χ1n) is 12.2. The fourth-order valence-corrected chi connectivity index (χ4v) is 4.04. The molecule has 1 radical (unpaired) electrons.